The van der Waals surface area contributed by atoms with Gasteiger partial charge in [0.05, 0.1) is 18.7 Å². The van der Waals surface area contributed by atoms with Crippen LogP contribution in [0, 0.1) is 11.7 Å². The summed E-state index contributed by atoms with van der Waals surface area (Å²) in [5, 5.41) is 5.08. The number of hydrogen-bond acceptors (Lipinski definition) is 8. The van der Waals surface area contributed by atoms with Gasteiger partial charge in [0.1, 0.15) is 18.2 Å². The molecule has 0 amide bonds. The predicted molar refractivity (Wildman–Crippen MR) is 127 cm³/mol. The molecule has 0 aliphatic carbocycles. The van der Waals surface area contributed by atoms with Crippen LogP contribution in [0.1, 0.15) is 29.6 Å². The number of hydrogen-bond donors (Lipinski definition) is 2. The van der Waals surface area contributed by atoms with E-state index in [2.05, 4.69) is 10.1 Å². The monoisotopic (exact) mass is 488 g/mol. The van der Waals surface area contributed by atoms with Crippen LogP contribution >= 0.6 is 8.38 Å². The first-order chi connectivity index (χ1) is 16.4. The zero-order chi connectivity index (χ0) is 24.2. The summed E-state index contributed by atoms with van der Waals surface area (Å²) >= 11 is 0. The third kappa shape index (κ3) is 5.41. The first-order valence-corrected chi connectivity index (χ1v) is 12.4. The molecule has 0 atom stereocenters. The lowest BCUT2D eigenvalue weighted by Crippen LogP contribution is -2.36. The maximum absolute atomic E-state index is 13.4. The van der Waals surface area contributed by atoms with E-state index < -0.39 is 19.8 Å². The number of ether oxygens (including phenoxy) is 1. The standard InChI is InChI=1S/C23H26FN4O5P/c1-33-20-12-17-13-25-28(14-19(29)16-2-4-18(24)5-3-16)23(30)21(17)22(26-20)27-9-6-15(7-10-27)8-11-34(31)32/h2-5,12-13,15,31-32H,6-11,14H2,1H3. The summed E-state index contributed by atoms with van der Waals surface area (Å²) in [7, 11) is -0.382. The summed E-state index contributed by atoms with van der Waals surface area (Å²) in [5.74, 6) is 0.418. The quantitative estimate of drug-likeness (QED) is 0.367. The van der Waals surface area contributed by atoms with E-state index in [4.69, 9.17) is 4.74 Å². The molecule has 9 nitrogen and oxygen atoms in total. The molecular weight excluding hydrogens is 462 g/mol. The van der Waals surface area contributed by atoms with Crippen LogP contribution in [0.15, 0.2) is 41.3 Å². The van der Waals surface area contributed by atoms with Crippen molar-refractivity contribution >= 4 is 30.7 Å². The Bertz CT molecular complexity index is 1230. The van der Waals surface area contributed by atoms with Crippen LogP contribution in [-0.2, 0) is 6.54 Å². The second-order valence-electron chi connectivity index (χ2n) is 8.30. The summed E-state index contributed by atoms with van der Waals surface area (Å²) in [6, 6.07) is 6.79. The van der Waals surface area contributed by atoms with Crippen LogP contribution < -0.4 is 15.2 Å². The van der Waals surface area contributed by atoms with Crippen LogP contribution in [-0.4, -0.2) is 56.7 Å². The smallest absolute Gasteiger partial charge is 0.278 e. The fourth-order valence-electron chi connectivity index (χ4n) is 4.20. The minimum absolute atomic E-state index is 0.279. The average Bonchev–Trinajstić information content (AvgIpc) is 2.84. The van der Waals surface area contributed by atoms with E-state index in [1.54, 1.807) is 6.07 Å². The zero-order valence-corrected chi connectivity index (χ0v) is 19.6. The molecule has 0 unspecified atom stereocenters. The molecule has 1 saturated heterocycles. The van der Waals surface area contributed by atoms with Crippen molar-refractivity contribution in [3.05, 3.63) is 58.3 Å². The Balaban J connectivity index is 1.63. The lowest BCUT2D eigenvalue weighted by Gasteiger charge is -2.33. The van der Waals surface area contributed by atoms with Crippen LogP contribution in [0.25, 0.3) is 10.8 Å². The van der Waals surface area contributed by atoms with Crippen molar-refractivity contribution in [1.29, 1.82) is 0 Å². The fraction of sp³-hybridized carbons (Fsp3) is 0.391. The second kappa shape index (κ2) is 10.5. The highest BCUT2D eigenvalue weighted by Gasteiger charge is 2.25. The van der Waals surface area contributed by atoms with Gasteiger partial charge in [0.25, 0.3) is 5.56 Å². The second-order valence-corrected chi connectivity index (χ2v) is 9.50. The van der Waals surface area contributed by atoms with Crippen LogP contribution in [0.3, 0.4) is 0 Å². The van der Waals surface area contributed by atoms with E-state index >= 15 is 0 Å². The molecule has 0 saturated carbocycles. The molecule has 1 aromatic carbocycles. The number of rotatable bonds is 8. The highest BCUT2D eigenvalue weighted by Crippen LogP contribution is 2.33. The Labute approximate surface area is 196 Å². The molecule has 3 aromatic rings. The maximum atomic E-state index is 13.4. The number of benzene rings is 1. The normalized spacial score (nSPS) is 14.7. The molecule has 1 aliphatic heterocycles. The average molecular weight is 488 g/mol. The molecule has 11 heteroatoms. The van der Waals surface area contributed by atoms with Crippen LogP contribution in [0.4, 0.5) is 10.2 Å². The van der Waals surface area contributed by atoms with E-state index in [9.17, 15) is 23.8 Å². The van der Waals surface area contributed by atoms with Crippen molar-refractivity contribution in [3.63, 3.8) is 0 Å². The Morgan fingerprint density at radius 3 is 2.59 bits per heavy atom. The maximum Gasteiger partial charge on any atom is 0.278 e. The number of piperidine rings is 1. The minimum Gasteiger partial charge on any atom is -0.481 e. The molecule has 0 radical (unpaired) electrons. The molecule has 1 fully saturated rings. The number of Topliss-reactive ketones (excluding diaryl/α,β-unsaturated/α-hetero) is 1. The molecule has 2 aromatic heterocycles. The number of methoxy groups -OCH3 is 1. The molecule has 34 heavy (non-hydrogen) atoms. The van der Waals surface area contributed by atoms with Gasteiger partial charge in [-0.15, -0.1) is 0 Å². The lowest BCUT2D eigenvalue weighted by molar-refractivity contribution is 0.0966. The van der Waals surface area contributed by atoms with Crippen molar-refractivity contribution in [2.75, 3.05) is 31.3 Å². The minimum atomic E-state index is -1.88. The highest BCUT2D eigenvalue weighted by atomic mass is 31.2. The molecule has 1 aliphatic rings. The number of fused-ring (bicyclic) bond motifs is 1. The number of ketones is 1. The summed E-state index contributed by atoms with van der Waals surface area (Å²) in [6.07, 6.45) is 4.34. The third-order valence-corrected chi connectivity index (χ3v) is 6.77. The molecule has 4 rings (SSSR count). The summed E-state index contributed by atoms with van der Waals surface area (Å²) in [4.78, 5) is 51.0. The topological polar surface area (TPSA) is 118 Å². The third-order valence-electron chi connectivity index (χ3n) is 6.11. The number of carbonyl (C=O) groups is 1. The largest absolute Gasteiger partial charge is 0.481 e. The summed E-state index contributed by atoms with van der Waals surface area (Å²) in [5.41, 5.74) is -0.147. The lowest BCUT2D eigenvalue weighted by atomic mass is 9.94. The van der Waals surface area contributed by atoms with Gasteiger partial charge in [-0.2, -0.15) is 10.1 Å². The van der Waals surface area contributed by atoms with E-state index in [0.717, 1.165) is 23.9 Å². The molecule has 180 valence electrons. The number of aromatic nitrogens is 3. The van der Waals surface area contributed by atoms with Crippen molar-refractivity contribution < 1.29 is 23.7 Å². The number of nitrogens with zero attached hydrogens (tertiary/aromatic N) is 4. The van der Waals surface area contributed by atoms with E-state index in [1.165, 1.54) is 37.6 Å². The molecule has 2 N–H and O–H groups in total. The Morgan fingerprint density at radius 2 is 1.94 bits per heavy atom. The predicted octanol–water partition coefficient (Wildman–Crippen LogP) is 2.73. The molecule has 3 heterocycles. The number of carbonyl (C=O) groups excluding carboxylic acids is 1. The van der Waals surface area contributed by atoms with Crippen LogP contribution in [0.2, 0.25) is 0 Å². The Hall–Kier alpha value is -2.94. The van der Waals surface area contributed by atoms with Crippen molar-refractivity contribution in [3.8, 4) is 5.88 Å². The van der Waals surface area contributed by atoms with Crippen molar-refractivity contribution in [2.24, 2.45) is 5.92 Å². The van der Waals surface area contributed by atoms with Gasteiger partial charge in [-0.25, -0.2) is 9.07 Å². The molecular formula is C23H26FN4O5P. The summed E-state index contributed by atoms with van der Waals surface area (Å²) < 4.78 is 19.6. The molecule has 0 bridgehead atoms. The van der Waals surface area contributed by atoms with Gasteiger partial charge in [0.2, 0.25) is 5.88 Å². The van der Waals surface area contributed by atoms with Gasteiger partial charge in [-0.3, -0.25) is 9.59 Å². The SMILES string of the molecule is COc1cc2cnn(CC(=O)c3ccc(F)cc3)c(=O)c2c(N2CCC(CCP(O)O)CC2)n1. The number of anilines is 1. The van der Waals surface area contributed by atoms with Gasteiger partial charge in [-0.1, -0.05) is 0 Å². The number of halogens is 1. The van der Waals surface area contributed by atoms with Crippen LogP contribution in [0.5, 0.6) is 5.88 Å². The van der Waals surface area contributed by atoms with Gasteiger partial charge in [0, 0.05) is 36.3 Å². The van der Waals surface area contributed by atoms with Gasteiger partial charge in [-0.05, 0) is 49.4 Å². The fourth-order valence-corrected chi connectivity index (χ4v) is 4.80. The molecule has 0 spiro atoms. The first-order valence-electron chi connectivity index (χ1n) is 11.0. The summed E-state index contributed by atoms with van der Waals surface area (Å²) in [6.45, 7) is 1.04. The van der Waals surface area contributed by atoms with Gasteiger partial charge >= 0.3 is 0 Å². The highest BCUT2D eigenvalue weighted by molar-refractivity contribution is 7.45. The number of pyridine rings is 1. The first kappa shape index (κ1) is 24.2. The van der Waals surface area contributed by atoms with Crippen molar-refractivity contribution in [2.45, 2.75) is 25.8 Å². The Kier molecular flexibility index (Phi) is 7.50. The van der Waals surface area contributed by atoms with E-state index in [1.807, 2.05) is 4.90 Å². The van der Waals surface area contributed by atoms with E-state index in [-0.39, 0.29) is 12.3 Å². The van der Waals surface area contributed by atoms with Gasteiger partial charge < -0.3 is 19.4 Å². The zero-order valence-electron chi connectivity index (χ0n) is 18.7. The van der Waals surface area contributed by atoms with E-state index in [0.29, 0.717) is 53.2 Å². The van der Waals surface area contributed by atoms with Gasteiger partial charge in [0.15, 0.2) is 14.2 Å². The van der Waals surface area contributed by atoms with Crippen molar-refractivity contribution in [1.82, 2.24) is 14.8 Å². The Morgan fingerprint density at radius 1 is 1.24 bits per heavy atom.